The van der Waals surface area contributed by atoms with E-state index in [9.17, 15) is 50.6 Å². The minimum atomic E-state index is -4.84. The molecular weight excluding hydrogens is 564 g/mol. The molecule has 5 atom stereocenters. The van der Waals surface area contributed by atoms with Crippen LogP contribution in [0.2, 0.25) is 0 Å². The Kier molecular flexibility index (Phi) is 8.31. The van der Waals surface area contributed by atoms with Gasteiger partial charge in [0.2, 0.25) is 12.2 Å². The van der Waals surface area contributed by atoms with E-state index in [4.69, 9.17) is 9.47 Å². The molecule has 2 N–H and O–H groups in total. The van der Waals surface area contributed by atoms with Gasteiger partial charge in [-0.25, -0.2) is 14.4 Å². The topological polar surface area (TPSA) is 119 Å². The van der Waals surface area contributed by atoms with Crippen molar-refractivity contribution in [3.05, 3.63) is 70.8 Å². The van der Waals surface area contributed by atoms with Gasteiger partial charge in [0.25, 0.3) is 5.91 Å². The van der Waals surface area contributed by atoms with E-state index in [1.165, 1.54) is 0 Å². The molecule has 0 heterocycles. The monoisotopic (exact) mass is 587 g/mol. The van der Waals surface area contributed by atoms with Crippen LogP contribution in [-0.4, -0.2) is 47.2 Å². The average Bonchev–Trinajstić information content (AvgIpc) is 3.53. The maximum Gasteiger partial charge on any atom is 0.416 e. The molecule has 2 fully saturated rings. The summed E-state index contributed by atoms with van der Waals surface area (Å²) in [6.45, 7) is 0. The third kappa shape index (κ3) is 6.98. The van der Waals surface area contributed by atoms with Crippen molar-refractivity contribution >= 4 is 23.8 Å². The summed E-state index contributed by atoms with van der Waals surface area (Å²) in [6.07, 6.45) is -11.5. The number of carbonyl (C=O) groups excluding carboxylic acids is 3. The summed E-state index contributed by atoms with van der Waals surface area (Å²) in [5.41, 5.74) is -3.84. The summed E-state index contributed by atoms with van der Waals surface area (Å²) in [4.78, 5) is 50.9. The number of hydrogen-bond acceptors (Lipinski definition) is 6. The Morgan fingerprint density at radius 2 is 1.29 bits per heavy atom. The van der Waals surface area contributed by atoms with Gasteiger partial charge in [0.1, 0.15) is 0 Å². The molecule has 0 radical (unpaired) electrons. The number of halogens is 6. The van der Waals surface area contributed by atoms with Gasteiger partial charge in [0.05, 0.1) is 22.3 Å². The molecule has 2 bridgehead atoms. The predicted octanol–water partition coefficient (Wildman–Crippen LogP) is 4.86. The summed E-state index contributed by atoms with van der Waals surface area (Å²) in [5.74, 6) is -5.88. The lowest BCUT2D eigenvalue weighted by atomic mass is 9.95. The van der Waals surface area contributed by atoms with Crippen LogP contribution in [0.5, 0.6) is 0 Å². The largest absolute Gasteiger partial charge is 0.478 e. The number of benzene rings is 2. The fourth-order valence-corrected chi connectivity index (χ4v) is 5.19. The number of fused-ring (bicyclic) bond motifs is 2. The van der Waals surface area contributed by atoms with Crippen LogP contribution in [0.1, 0.15) is 57.5 Å². The van der Waals surface area contributed by atoms with Crippen LogP contribution in [-0.2, 0) is 31.4 Å². The highest BCUT2D eigenvalue weighted by atomic mass is 19.4. The quantitative estimate of drug-likeness (QED) is 0.334. The van der Waals surface area contributed by atoms with Crippen LogP contribution in [0.3, 0.4) is 0 Å². The third-order valence-corrected chi connectivity index (χ3v) is 7.16. The number of alkyl halides is 6. The van der Waals surface area contributed by atoms with E-state index in [0.29, 0.717) is 36.6 Å². The van der Waals surface area contributed by atoms with E-state index in [1.807, 2.05) is 0 Å². The Morgan fingerprint density at radius 3 is 1.71 bits per heavy atom. The highest BCUT2D eigenvalue weighted by molar-refractivity contribution is 5.97. The van der Waals surface area contributed by atoms with Gasteiger partial charge in [-0.3, -0.25) is 4.79 Å². The van der Waals surface area contributed by atoms with Crippen molar-refractivity contribution in [3.8, 4) is 0 Å². The highest BCUT2D eigenvalue weighted by Crippen LogP contribution is 2.44. The summed E-state index contributed by atoms with van der Waals surface area (Å²) in [5, 5.41) is 12.4. The molecule has 0 aliphatic heterocycles. The molecule has 1 amide bonds. The molecule has 2 aliphatic carbocycles. The second kappa shape index (κ2) is 11.4. The second-order valence-electron chi connectivity index (χ2n) is 9.94. The minimum absolute atomic E-state index is 0.0692. The lowest BCUT2D eigenvalue weighted by molar-refractivity contribution is -0.159. The molecule has 0 aromatic heterocycles. The molecule has 14 heteroatoms. The normalized spacial score (nSPS) is 21.6. The third-order valence-electron chi connectivity index (χ3n) is 7.16. The Hall–Kier alpha value is -4.10. The molecule has 4 rings (SSSR count). The number of hydrogen-bond donors (Lipinski definition) is 2. The second-order valence-corrected chi connectivity index (χ2v) is 9.94. The van der Waals surface area contributed by atoms with Crippen molar-refractivity contribution in [3.63, 3.8) is 0 Å². The molecule has 0 unspecified atom stereocenters. The molecule has 0 spiro atoms. The van der Waals surface area contributed by atoms with Gasteiger partial charge >= 0.3 is 30.3 Å². The van der Waals surface area contributed by atoms with Crippen LogP contribution in [0.4, 0.5) is 26.3 Å². The summed E-state index contributed by atoms with van der Waals surface area (Å²) >= 11 is 0. The Balaban J connectivity index is 1.61. The van der Waals surface area contributed by atoms with E-state index >= 15 is 0 Å². The van der Waals surface area contributed by atoms with Gasteiger partial charge in [-0.1, -0.05) is 18.6 Å². The van der Waals surface area contributed by atoms with Crippen LogP contribution in [0.25, 0.3) is 0 Å². The fourth-order valence-electron chi connectivity index (χ4n) is 5.19. The van der Waals surface area contributed by atoms with Gasteiger partial charge in [-0.15, -0.1) is 0 Å². The van der Waals surface area contributed by atoms with Gasteiger partial charge in [0.15, 0.2) is 0 Å². The zero-order valence-electron chi connectivity index (χ0n) is 21.0. The van der Waals surface area contributed by atoms with Crippen LogP contribution in [0.15, 0.2) is 48.5 Å². The first-order chi connectivity index (χ1) is 19.1. The molecule has 2 aromatic rings. The summed E-state index contributed by atoms with van der Waals surface area (Å²) < 4.78 is 88.6. The number of rotatable bonds is 8. The predicted molar refractivity (Wildman–Crippen MR) is 126 cm³/mol. The molecule has 2 saturated carbocycles. The van der Waals surface area contributed by atoms with Crippen molar-refractivity contribution in [2.75, 3.05) is 0 Å². The number of carboxylic acid groups (broad SMARTS) is 1. The molecular formula is C27H23F6NO7. The van der Waals surface area contributed by atoms with E-state index < -0.39 is 76.7 Å². The SMILES string of the molecule is O=C(O[C@H](C(=O)O)[C@@H](OC(=O)c1cccc(C(F)(F)F)c1)C(=O)N[C@@H]1C[C@H]2CC[C@H]1C2)c1cccc(C(F)(F)F)c1. The van der Waals surface area contributed by atoms with Crippen LogP contribution in [0, 0.1) is 11.8 Å². The highest BCUT2D eigenvalue weighted by Gasteiger charge is 2.45. The van der Waals surface area contributed by atoms with Gasteiger partial charge < -0.3 is 19.9 Å². The molecule has 2 aliphatic rings. The van der Waals surface area contributed by atoms with Crippen LogP contribution < -0.4 is 5.32 Å². The zero-order chi connectivity index (χ0) is 30.1. The number of aliphatic carboxylic acids is 1. The Bertz CT molecular complexity index is 1340. The van der Waals surface area contributed by atoms with E-state index in [1.54, 1.807) is 0 Å². The number of carbonyl (C=O) groups is 4. The van der Waals surface area contributed by atoms with Crippen molar-refractivity contribution in [1.29, 1.82) is 0 Å². The summed E-state index contributed by atoms with van der Waals surface area (Å²) in [6, 6.07) is 5.37. The van der Waals surface area contributed by atoms with Crippen molar-refractivity contribution in [2.45, 2.75) is 56.3 Å². The van der Waals surface area contributed by atoms with Gasteiger partial charge in [-0.2, -0.15) is 26.3 Å². The van der Waals surface area contributed by atoms with E-state index in [-0.39, 0.29) is 5.92 Å². The average molecular weight is 587 g/mol. The smallest absolute Gasteiger partial charge is 0.416 e. The lowest BCUT2D eigenvalue weighted by Crippen LogP contribution is -2.53. The molecule has 41 heavy (non-hydrogen) atoms. The number of amides is 1. The van der Waals surface area contributed by atoms with E-state index in [2.05, 4.69) is 5.32 Å². The maximum atomic E-state index is 13.2. The first kappa shape index (κ1) is 29.9. The number of esters is 2. The molecule has 2 aromatic carbocycles. The molecule has 8 nitrogen and oxygen atoms in total. The van der Waals surface area contributed by atoms with E-state index in [0.717, 1.165) is 43.5 Å². The number of ether oxygens (including phenoxy) is 2. The first-order valence-corrected chi connectivity index (χ1v) is 12.4. The Morgan fingerprint density at radius 1 is 0.780 bits per heavy atom. The number of nitrogens with one attached hydrogen (secondary N) is 1. The van der Waals surface area contributed by atoms with Crippen LogP contribution >= 0.6 is 0 Å². The van der Waals surface area contributed by atoms with Gasteiger partial charge in [-0.05, 0) is 67.5 Å². The molecule has 0 saturated heterocycles. The van der Waals surface area contributed by atoms with Crippen molar-refractivity contribution < 1.29 is 60.1 Å². The Labute approximate surface area is 228 Å². The summed E-state index contributed by atoms with van der Waals surface area (Å²) in [7, 11) is 0. The standard InChI is InChI=1S/C27H23F6NO7/c28-26(29,30)17-5-1-3-15(11-17)24(38)40-20(22(35)34-19-10-13-7-8-14(19)9-13)21(23(36)37)41-25(39)16-4-2-6-18(12-16)27(31,32)33/h1-6,11-14,19-21H,7-10H2,(H,34,35)(H,36,37)/t13-,14-,19+,20+,21-/m0/s1. The van der Waals surface area contributed by atoms with Gasteiger partial charge in [0, 0.05) is 6.04 Å². The zero-order valence-corrected chi connectivity index (χ0v) is 21.0. The maximum absolute atomic E-state index is 13.2. The lowest BCUT2D eigenvalue weighted by Gasteiger charge is -2.28. The fraction of sp³-hybridized carbons (Fsp3) is 0.407. The molecule has 220 valence electrons. The van der Waals surface area contributed by atoms with Crippen molar-refractivity contribution in [1.82, 2.24) is 5.32 Å². The van der Waals surface area contributed by atoms with Crippen molar-refractivity contribution in [2.24, 2.45) is 11.8 Å². The minimum Gasteiger partial charge on any atom is -0.478 e. The first-order valence-electron chi connectivity index (χ1n) is 12.4. The number of carboxylic acids is 1.